The summed E-state index contributed by atoms with van der Waals surface area (Å²) in [4.78, 5) is 16.5. The average molecular weight is 538 g/mol. The normalized spacial score (nSPS) is 16.4. The fraction of sp³-hybridized carbons (Fsp3) is 0.391. The Morgan fingerprint density at radius 3 is 2.84 bits per heavy atom. The van der Waals surface area contributed by atoms with Crippen molar-refractivity contribution in [3.8, 4) is 5.75 Å². The standard InChI is InChI=1S/C23H30N4O3.HI/c1-3-24-23(26-14-18(28)15-30-19-8-6-7-16(2)11-19)25-13-17-12-22(29)27-21-10-5-4-9-20(17)21;/h4-11,17-18,28H,3,12-15H2,1-2H3,(H,27,29)(H2,24,25,26);1H. The summed E-state index contributed by atoms with van der Waals surface area (Å²) in [6.45, 7) is 5.63. The molecule has 1 aliphatic heterocycles. The summed E-state index contributed by atoms with van der Waals surface area (Å²) in [6, 6.07) is 15.6. The zero-order valence-corrected chi connectivity index (χ0v) is 20.3. The van der Waals surface area contributed by atoms with Gasteiger partial charge in [-0.1, -0.05) is 30.3 Å². The molecule has 2 atom stereocenters. The molecule has 4 N–H and O–H groups in total. The molecular formula is C23H31IN4O3. The number of aryl methyl sites for hydroxylation is 1. The van der Waals surface area contributed by atoms with Crippen LogP contribution in [0.15, 0.2) is 53.5 Å². The summed E-state index contributed by atoms with van der Waals surface area (Å²) in [6.07, 6.45) is -0.293. The number of nitrogens with zero attached hydrogens (tertiary/aromatic N) is 1. The number of para-hydroxylation sites is 1. The minimum Gasteiger partial charge on any atom is -0.491 e. The fourth-order valence-corrected chi connectivity index (χ4v) is 3.39. The third kappa shape index (κ3) is 7.70. The second kappa shape index (κ2) is 12.5. The smallest absolute Gasteiger partial charge is 0.225 e. The zero-order valence-electron chi connectivity index (χ0n) is 17.9. The van der Waals surface area contributed by atoms with Crippen LogP contribution >= 0.6 is 24.0 Å². The molecule has 2 aromatic rings. The average Bonchev–Trinajstić information content (AvgIpc) is 2.74. The van der Waals surface area contributed by atoms with Crippen molar-refractivity contribution < 1.29 is 14.6 Å². The fourth-order valence-electron chi connectivity index (χ4n) is 3.39. The van der Waals surface area contributed by atoms with Crippen LogP contribution in [-0.2, 0) is 4.79 Å². The number of aliphatic imine (C=N–C) groups is 1. The number of fused-ring (bicyclic) bond motifs is 1. The van der Waals surface area contributed by atoms with E-state index in [1.807, 2.05) is 62.4 Å². The van der Waals surface area contributed by atoms with E-state index in [4.69, 9.17) is 4.74 Å². The number of amides is 1. The first-order valence-electron chi connectivity index (χ1n) is 10.3. The van der Waals surface area contributed by atoms with E-state index in [2.05, 4.69) is 20.9 Å². The molecule has 3 rings (SSSR count). The molecule has 0 aliphatic carbocycles. The predicted octanol–water partition coefficient (Wildman–Crippen LogP) is 3.03. The minimum absolute atomic E-state index is 0. The van der Waals surface area contributed by atoms with Crippen LogP contribution < -0.4 is 20.7 Å². The van der Waals surface area contributed by atoms with Crippen LogP contribution in [0.3, 0.4) is 0 Å². The lowest BCUT2D eigenvalue weighted by Crippen LogP contribution is -2.41. The molecule has 0 spiro atoms. The number of benzene rings is 2. The van der Waals surface area contributed by atoms with Crippen LogP contribution in [0, 0.1) is 6.92 Å². The Morgan fingerprint density at radius 1 is 1.26 bits per heavy atom. The zero-order chi connectivity index (χ0) is 21.3. The Morgan fingerprint density at radius 2 is 2.06 bits per heavy atom. The first kappa shape index (κ1) is 24.9. The first-order valence-corrected chi connectivity index (χ1v) is 10.3. The van der Waals surface area contributed by atoms with Gasteiger partial charge < -0.3 is 25.8 Å². The molecule has 2 unspecified atom stereocenters. The van der Waals surface area contributed by atoms with E-state index in [0.717, 1.165) is 22.6 Å². The van der Waals surface area contributed by atoms with Crippen LogP contribution in [0.1, 0.15) is 30.4 Å². The Kier molecular flexibility index (Phi) is 10.1. The van der Waals surface area contributed by atoms with Gasteiger partial charge in [-0.05, 0) is 43.2 Å². The molecule has 0 saturated heterocycles. The highest BCUT2D eigenvalue weighted by Gasteiger charge is 2.24. The van der Waals surface area contributed by atoms with Gasteiger partial charge in [0.2, 0.25) is 5.91 Å². The van der Waals surface area contributed by atoms with Gasteiger partial charge in [-0.3, -0.25) is 9.79 Å². The first-order chi connectivity index (χ1) is 14.5. The van der Waals surface area contributed by atoms with Gasteiger partial charge in [-0.15, -0.1) is 24.0 Å². The molecule has 0 saturated carbocycles. The molecule has 0 radical (unpaired) electrons. The number of aliphatic hydroxyl groups is 1. The maximum Gasteiger partial charge on any atom is 0.225 e. The molecule has 31 heavy (non-hydrogen) atoms. The summed E-state index contributed by atoms with van der Waals surface area (Å²) in [5, 5.41) is 19.6. The molecule has 0 fully saturated rings. The highest BCUT2D eigenvalue weighted by atomic mass is 127. The lowest BCUT2D eigenvalue weighted by atomic mass is 9.90. The van der Waals surface area contributed by atoms with Crippen molar-refractivity contribution in [1.29, 1.82) is 0 Å². The number of guanidine groups is 1. The molecule has 1 heterocycles. The van der Waals surface area contributed by atoms with Gasteiger partial charge in [-0.25, -0.2) is 0 Å². The SMILES string of the molecule is CCNC(=NCC(O)COc1cccc(C)c1)NCC1CC(=O)Nc2ccccc21.I. The highest BCUT2D eigenvalue weighted by Crippen LogP contribution is 2.31. The number of carbonyl (C=O) groups excluding carboxylic acids is 1. The van der Waals surface area contributed by atoms with Gasteiger partial charge in [0.05, 0.1) is 6.54 Å². The summed E-state index contributed by atoms with van der Waals surface area (Å²) >= 11 is 0. The van der Waals surface area contributed by atoms with Gasteiger partial charge in [0.15, 0.2) is 5.96 Å². The summed E-state index contributed by atoms with van der Waals surface area (Å²) in [7, 11) is 0. The van der Waals surface area contributed by atoms with E-state index >= 15 is 0 Å². The van der Waals surface area contributed by atoms with E-state index < -0.39 is 6.10 Å². The number of hydrogen-bond acceptors (Lipinski definition) is 4. The summed E-state index contributed by atoms with van der Waals surface area (Å²) in [5.74, 6) is 1.42. The van der Waals surface area contributed by atoms with Crippen molar-refractivity contribution in [3.05, 3.63) is 59.7 Å². The Hall–Kier alpha value is -2.33. The van der Waals surface area contributed by atoms with Crippen molar-refractivity contribution in [1.82, 2.24) is 10.6 Å². The minimum atomic E-state index is -0.720. The van der Waals surface area contributed by atoms with Gasteiger partial charge >= 0.3 is 0 Å². The molecule has 1 amide bonds. The van der Waals surface area contributed by atoms with Crippen molar-refractivity contribution in [2.45, 2.75) is 32.3 Å². The maximum atomic E-state index is 12.0. The second-order valence-corrected chi connectivity index (χ2v) is 7.42. The van der Waals surface area contributed by atoms with Gasteiger partial charge in [-0.2, -0.15) is 0 Å². The topological polar surface area (TPSA) is 95.0 Å². The third-order valence-electron chi connectivity index (χ3n) is 4.86. The van der Waals surface area contributed by atoms with Crippen molar-refractivity contribution >= 4 is 41.5 Å². The largest absolute Gasteiger partial charge is 0.491 e. The van der Waals surface area contributed by atoms with Crippen molar-refractivity contribution in [3.63, 3.8) is 0 Å². The molecule has 0 bridgehead atoms. The van der Waals surface area contributed by atoms with Crippen molar-refractivity contribution in [2.75, 3.05) is 31.6 Å². The van der Waals surface area contributed by atoms with Crippen LogP contribution in [0.5, 0.6) is 5.75 Å². The van der Waals surface area contributed by atoms with Gasteiger partial charge in [0.25, 0.3) is 0 Å². The lowest BCUT2D eigenvalue weighted by Gasteiger charge is -2.26. The van der Waals surface area contributed by atoms with E-state index in [1.54, 1.807) is 0 Å². The van der Waals surface area contributed by atoms with E-state index in [-0.39, 0.29) is 49.0 Å². The Labute approximate surface area is 200 Å². The third-order valence-corrected chi connectivity index (χ3v) is 4.86. The summed E-state index contributed by atoms with van der Waals surface area (Å²) in [5.41, 5.74) is 3.09. The van der Waals surface area contributed by atoms with Crippen LogP contribution in [0.25, 0.3) is 0 Å². The number of aliphatic hydroxyl groups excluding tert-OH is 1. The Bertz CT molecular complexity index is 891. The number of hydrogen-bond donors (Lipinski definition) is 4. The predicted molar refractivity (Wildman–Crippen MR) is 135 cm³/mol. The maximum absolute atomic E-state index is 12.0. The number of carbonyl (C=O) groups is 1. The highest BCUT2D eigenvalue weighted by molar-refractivity contribution is 14.0. The number of nitrogens with one attached hydrogen (secondary N) is 3. The molecule has 0 aromatic heterocycles. The summed E-state index contributed by atoms with van der Waals surface area (Å²) < 4.78 is 5.64. The monoisotopic (exact) mass is 538 g/mol. The second-order valence-electron chi connectivity index (χ2n) is 7.42. The molecule has 168 valence electrons. The quantitative estimate of drug-likeness (QED) is 0.236. The number of rotatable bonds is 8. The van der Waals surface area contributed by atoms with E-state index in [9.17, 15) is 9.90 Å². The van der Waals surface area contributed by atoms with Crippen LogP contribution in [-0.4, -0.2) is 49.3 Å². The van der Waals surface area contributed by atoms with Gasteiger partial charge in [0.1, 0.15) is 18.5 Å². The molecular weight excluding hydrogens is 507 g/mol. The molecule has 8 heteroatoms. The lowest BCUT2D eigenvalue weighted by molar-refractivity contribution is -0.116. The van der Waals surface area contributed by atoms with Crippen LogP contribution in [0.2, 0.25) is 0 Å². The van der Waals surface area contributed by atoms with Gasteiger partial charge in [0, 0.05) is 31.1 Å². The number of halogens is 1. The molecule has 7 nitrogen and oxygen atoms in total. The van der Waals surface area contributed by atoms with Crippen molar-refractivity contribution in [2.24, 2.45) is 4.99 Å². The van der Waals surface area contributed by atoms with E-state index in [1.165, 1.54) is 0 Å². The van der Waals surface area contributed by atoms with Crippen LogP contribution in [0.4, 0.5) is 5.69 Å². The number of anilines is 1. The van der Waals surface area contributed by atoms with E-state index in [0.29, 0.717) is 25.5 Å². The molecule has 2 aromatic carbocycles. The molecule has 1 aliphatic rings. The number of ether oxygens (including phenoxy) is 1. The Balaban J connectivity index is 0.00000341.